The van der Waals surface area contributed by atoms with Crippen LogP contribution in [-0.2, 0) is 9.53 Å². The third-order valence-electron chi connectivity index (χ3n) is 2.75. The average molecular weight is 248 g/mol. The maximum absolute atomic E-state index is 11.8. The Bertz CT molecular complexity index is 414. The number of carbonyl (C=O) groups excluding carboxylic acids is 2. The molecule has 2 rings (SSSR count). The Morgan fingerprint density at radius 1 is 1.28 bits per heavy atom. The first kappa shape index (κ1) is 12.6. The lowest BCUT2D eigenvalue weighted by Gasteiger charge is -2.26. The fraction of sp³-hybridized carbons (Fsp3) is 0.385. The predicted molar refractivity (Wildman–Crippen MR) is 65.9 cm³/mol. The van der Waals surface area contributed by atoms with Gasteiger partial charge in [0.25, 0.3) is 5.91 Å². The van der Waals surface area contributed by atoms with Crippen LogP contribution in [0.15, 0.2) is 30.3 Å². The molecular weight excluding hydrogens is 232 g/mol. The molecule has 0 spiro atoms. The third kappa shape index (κ3) is 3.30. The normalized spacial score (nSPS) is 15.2. The van der Waals surface area contributed by atoms with Gasteiger partial charge in [0.1, 0.15) is 6.73 Å². The number of hydrogen-bond acceptors (Lipinski definition) is 3. The molecule has 1 saturated heterocycles. The minimum Gasteiger partial charge on any atom is -0.361 e. The second-order valence-electron chi connectivity index (χ2n) is 4.10. The highest BCUT2D eigenvalue weighted by molar-refractivity contribution is 5.96. The van der Waals surface area contributed by atoms with Gasteiger partial charge >= 0.3 is 0 Å². The molecule has 0 aromatic heterocycles. The SMILES string of the molecule is O=C(NCC(=O)N1CCCOC1)c1ccccc1. The minimum atomic E-state index is -0.234. The monoisotopic (exact) mass is 248 g/mol. The molecule has 5 nitrogen and oxygen atoms in total. The quantitative estimate of drug-likeness (QED) is 0.853. The highest BCUT2D eigenvalue weighted by atomic mass is 16.5. The molecule has 1 aliphatic heterocycles. The summed E-state index contributed by atoms with van der Waals surface area (Å²) in [5, 5.41) is 2.61. The molecule has 1 aliphatic rings. The van der Waals surface area contributed by atoms with E-state index in [0.29, 0.717) is 25.4 Å². The Balaban J connectivity index is 1.80. The molecule has 1 heterocycles. The molecule has 0 aliphatic carbocycles. The number of rotatable bonds is 3. The van der Waals surface area contributed by atoms with Crippen LogP contribution in [0.4, 0.5) is 0 Å². The van der Waals surface area contributed by atoms with Crippen molar-refractivity contribution in [2.45, 2.75) is 6.42 Å². The van der Waals surface area contributed by atoms with E-state index in [2.05, 4.69) is 5.32 Å². The smallest absolute Gasteiger partial charge is 0.251 e. The third-order valence-corrected chi connectivity index (χ3v) is 2.75. The van der Waals surface area contributed by atoms with E-state index in [9.17, 15) is 9.59 Å². The molecular formula is C13H16N2O3. The molecule has 1 N–H and O–H groups in total. The summed E-state index contributed by atoms with van der Waals surface area (Å²) >= 11 is 0. The number of ether oxygens (including phenoxy) is 1. The first-order valence-corrected chi connectivity index (χ1v) is 5.96. The molecule has 5 heteroatoms. The summed E-state index contributed by atoms with van der Waals surface area (Å²) in [6, 6.07) is 8.84. The number of nitrogens with zero attached hydrogens (tertiary/aromatic N) is 1. The second kappa shape index (κ2) is 6.16. The Morgan fingerprint density at radius 2 is 2.06 bits per heavy atom. The van der Waals surface area contributed by atoms with Gasteiger partial charge in [-0.1, -0.05) is 18.2 Å². The minimum absolute atomic E-state index is 0.0110. The number of hydrogen-bond donors (Lipinski definition) is 1. The van der Waals surface area contributed by atoms with Gasteiger partial charge in [-0.25, -0.2) is 0 Å². The van der Waals surface area contributed by atoms with Crippen molar-refractivity contribution in [3.63, 3.8) is 0 Å². The number of amides is 2. The molecule has 1 fully saturated rings. The summed E-state index contributed by atoms with van der Waals surface area (Å²) in [5.41, 5.74) is 0.556. The lowest BCUT2D eigenvalue weighted by molar-refractivity contribution is -0.139. The van der Waals surface area contributed by atoms with Gasteiger partial charge in [0.05, 0.1) is 13.2 Å². The van der Waals surface area contributed by atoms with Crippen molar-refractivity contribution < 1.29 is 14.3 Å². The summed E-state index contributed by atoms with van der Waals surface area (Å²) in [7, 11) is 0. The fourth-order valence-electron chi connectivity index (χ4n) is 1.75. The molecule has 0 bridgehead atoms. The maximum atomic E-state index is 11.8. The molecule has 0 saturated carbocycles. The maximum Gasteiger partial charge on any atom is 0.251 e. The highest BCUT2D eigenvalue weighted by Gasteiger charge is 2.17. The zero-order valence-corrected chi connectivity index (χ0v) is 10.1. The van der Waals surface area contributed by atoms with E-state index in [4.69, 9.17) is 4.74 Å². The topological polar surface area (TPSA) is 58.6 Å². The molecule has 0 radical (unpaired) electrons. The van der Waals surface area contributed by atoms with E-state index >= 15 is 0 Å². The van der Waals surface area contributed by atoms with Gasteiger partial charge in [0.15, 0.2) is 0 Å². The number of nitrogens with one attached hydrogen (secondary N) is 1. The van der Waals surface area contributed by atoms with Gasteiger partial charge in [-0.05, 0) is 18.6 Å². The standard InChI is InChI=1S/C13H16N2O3/c16-12(15-7-4-8-18-10-15)9-14-13(17)11-5-2-1-3-6-11/h1-3,5-6H,4,7-10H2,(H,14,17). The molecule has 1 aromatic rings. The summed E-state index contributed by atoms with van der Waals surface area (Å²) in [6.45, 7) is 1.72. The van der Waals surface area contributed by atoms with E-state index in [-0.39, 0.29) is 18.4 Å². The fourth-order valence-corrected chi connectivity index (χ4v) is 1.75. The predicted octanol–water partition coefficient (Wildman–Crippen LogP) is 0.623. The van der Waals surface area contributed by atoms with Crippen molar-refractivity contribution in [3.05, 3.63) is 35.9 Å². The first-order valence-electron chi connectivity index (χ1n) is 5.96. The van der Waals surface area contributed by atoms with Crippen molar-refractivity contribution in [3.8, 4) is 0 Å². The lowest BCUT2D eigenvalue weighted by Crippen LogP contribution is -2.44. The van der Waals surface area contributed by atoms with Crippen LogP contribution in [0.5, 0.6) is 0 Å². The number of benzene rings is 1. The highest BCUT2D eigenvalue weighted by Crippen LogP contribution is 2.01. The number of carbonyl (C=O) groups is 2. The van der Waals surface area contributed by atoms with Gasteiger partial charge < -0.3 is 15.0 Å². The molecule has 96 valence electrons. The van der Waals surface area contributed by atoms with Gasteiger partial charge in [0, 0.05) is 12.1 Å². The van der Waals surface area contributed by atoms with Crippen molar-refractivity contribution in [2.24, 2.45) is 0 Å². The molecule has 18 heavy (non-hydrogen) atoms. The Hall–Kier alpha value is -1.88. The van der Waals surface area contributed by atoms with Crippen LogP contribution >= 0.6 is 0 Å². The van der Waals surface area contributed by atoms with Crippen LogP contribution in [0, 0.1) is 0 Å². The summed E-state index contributed by atoms with van der Waals surface area (Å²) in [5.74, 6) is -0.346. The van der Waals surface area contributed by atoms with Crippen molar-refractivity contribution in [1.29, 1.82) is 0 Å². The first-order chi connectivity index (χ1) is 8.77. The zero-order chi connectivity index (χ0) is 12.8. The van der Waals surface area contributed by atoms with Crippen LogP contribution in [0.25, 0.3) is 0 Å². The summed E-state index contributed by atoms with van der Waals surface area (Å²) < 4.78 is 5.19. The van der Waals surface area contributed by atoms with E-state index in [0.717, 1.165) is 6.42 Å². The Kier molecular flexibility index (Phi) is 4.30. The van der Waals surface area contributed by atoms with Crippen LogP contribution in [0.2, 0.25) is 0 Å². The molecule has 2 amide bonds. The van der Waals surface area contributed by atoms with Crippen LogP contribution < -0.4 is 5.32 Å². The van der Waals surface area contributed by atoms with Gasteiger partial charge in [0.2, 0.25) is 5.91 Å². The van der Waals surface area contributed by atoms with Gasteiger partial charge in [-0.15, -0.1) is 0 Å². The van der Waals surface area contributed by atoms with E-state index in [1.165, 1.54) is 0 Å². The van der Waals surface area contributed by atoms with Gasteiger partial charge in [-0.2, -0.15) is 0 Å². The van der Waals surface area contributed by atoms with Crippen LogP contribution in [0.1, 0.15) is 16.8 Å². The summed E-state index contributed by atoms with van der Waals surface area (Å²) in [4.78, 5) is 25.1. The lowest BCUT2D eigenvalue weighted by atomic mass is 10.2. The molecule has 0 atom stereocenters. The van der Waals surface area contributed by atoms with Crippen molar-refractivity contribution in [2.75, 3.05) is 26.4 Å². The Morgan fingerprint density at radius 3 is 2.72 bits per heavy atom. The second-order valence-corrected chi connectivity index (χ2v) is 4.10. The van der Waals surface area contributed by atoms with E-state index in [1.807, 2.05) is 6.07 Å². The van der Waals surface area contributed by atoms with Crippen molar-refractivity contribution >= 4 is 11.8 Å². The van der Waals surface area contributed by atoms with Crippen molar-refractivity contribution in [1.82, 2.24) is 10.2 Å². The van der Waals surface area contributed by atoms with E-state index in [1.54, 1.807) is 29.2 Å². The van der Waals surface area contributed by atoms with E-state index < -0.39 is 0 Å². The van der Waals surface area contributed by atoms with Gasteiger partial charge in [-0.3, -0.25) is 9.59 Å². The Labute approximate surface area is 106 Å². The molecule has 0 unspecified atom stereocenters. The molecule has 1 aromatic carbocycles. The largest absolute Gasteiger partial charge is 0.361 e. The van der Waals surface area contributed by atoms with Crippen LogP contribution in [0.3, 0.4) is 0 Å². The average Bonchev–Trinajstić information content (AvgIpc) is 2.46. The summed E-state index contributed by atoms with van der Waals surface area (Å²) in [6.07, 6.45) is 0.846. The zero-order valence-electron chi connectivity index (χ0n) is 10.1. The van der Waals surface area contributed by atoms with Crippen LogP contribution in [-0.4, -0.2) is 43.1 Å².